The maximum atomic E-state index is 4.62. The Morgan fingerprint density at radius 3 is 2.48 bits per heavy atom. The molecule has 3 heterocycles. The number of nitrogens with zero attached hydrogens (tertiary/aromatic N) is 6. The summed E-state index contributed by atoms with van der Waals surface area (Å²) in [6, 6.07) is 9.28. The van der Waals surface area contributed by atoms with Crippen molar-refractivity contribution in [2.75, 3.05) is 52.9 Å². The van der Waals surface area contributed by atoms with E-state index in [9.17, 15) is 0 Å². The van der Waals surface area contributed by atoms with E-state index in [1.54, 1.807) is 0 Å². The first-order valence-corrected chi connectivity index (χ1v) is 12.1. The molecule has 0 spiro atoms. The Morgan fingerprint density at radius 1 is 1.09 bits per heavy atom. The molecule has 1 aromatic heterocycles. The monoisotopic (exact) mass is 565 g/mol. The summed E-state index contributed by atoms with van der Waals surface area (Å²) in [5.74, 6) is 1.63. The van der Waals surface area contributed by atoms with Gasteiger partial charge < -0.3 is 19.7 Å². The topological polar surface area (TPSA) is 51.9 Å². The van der Waals surface area contributed by atoms with E-state index < -0.39 is 0 Å². The number of aliphatic imine (C=N–C) groups is 1. The molecule has 7 nitrogen and oxygen atoms in total. The summed E-state index contributed by atoms with van der Waals surface area (Å²) in [6.07, 6.45) is 7.05. The van der Waals surface area contributed by atoms with Gasteiger partial charge in [0.15, 0.2) is 5.96 Å². The standard InChI is InChI=1S/C25H39N7.HI/c1-4-29-13-15-30(16-14-29)18-23-8-6-5-7-22(23)17-28-25(26-3)31-11-9-21(2)24(19-31)32-12-10-27-20-32;/h5-8,10,12,20-21,24H,4,9,11,13-19H2,1-3H3,(H,26,28);1H. The van der Waals surface area contributed by atoms with Crippen molar-refractivity contribution in [2.45, 2.75) is 39.4 Å². The van der Waals surface area contributed by atoms with E-state index >= 15 is 0 Å². The average Bonchev–Trinajstić information content (AvgIpc) is 3.36. The van der Waals surface area contributed by atoms with Crippen molar-refractivity contribution < 1.29 is 0 Å². The second-order valence-corrected chi connectivity index (χ2v) is 9.17. The number of piperidine rings is 1. The lowest BCUT2D eigenvalue weighted by Gasteiger charge is -2.39. The van der Waals surface area contributed by atoms with E-state index in [0.717, 1.165) is 58.2 Å². The highest BCUT2D eigenvalue weighted by molar-refractivity contribution is 14.0. The zero-order valence-electron chi connectivity index (χ0n) is 20.4. The molecule has 33 heavy (non-hydrogen) atoms. The van der Waals surface area contributed by atoms with Crippen LogP contribution in [0.4, 0.5) is 0 Å². The third-order valence-corrected chi connectivity index (χ3v) is 7.20. The first kappa shape index (κ1) is 26.0. The van der Waals surface area contributed by atoms with Crippen LogP contribution in [-0.4, -0.2) is 83.1 Å². The first-order valence-electron chi connectivity index (χ1n) is 12.1. The maximum absolute atomic E-state index is 4.62. The minimum Gasteiger partial charge on any atom is -0.352 e. The number of nitrogens with one attached hydrogen (secondary N) is 1. The van der Waals surface area contributed by atoms with Crippen LogP contribution >= 0.6 is 24.0 Å². The van der Waals surface area contributed by atoms with E-state index in [2.05, 4.69) is 78.9 Å². The van der Waals surface area contributed by atoms with E-state index in [-0.39, 0.29) is 24.0 Å². The van der Waals surface area contributed by atoms with Crippen LogP contribution in [0.3, 0.4) is 0 Å². The molecule has 0 bridgehead atoms. The molecular formula is C25H40IN7. The second-order valence-electron chi connectivity index (χ2n) is 9.17. The zero-order chi connectivity index (χ0) is 22.3. The van der Waals surface area contributed by atoms with Crippen LogP contribution < -0.4 is 5.32 Å². The highest BCUT2D eigenvalue weighted by Gasteiger charge is 2.29. The van der Waals surface area contributed by atoms with Crippen molar-refractivity contribution in [3.05, 3.63) is 54.1 Å². The number of aromatic nitrogens is 2. The number of benzene rings is 1. The summed E-state index contributed by atoms with van der Waals surface area (Å²) in [7, 11) is 1.89. The fraction of sp³-hybridized carbons (Fsp3) is 0.600. The quantitative estimate of drug-likeness (QED) is 0.331. The Bertz CT molecular complexity index is 861. The van der Waals surface area contributed by atoms with Crippen molar-refractivity contribution in [2.24, 2.45) is 10.9 Å². The highest BCUT2D eigenvalue weighted by Crippen LogP contribution is 2.27. The fourth-order valence-electron chi connectivity index (χ4n) is 4.99. The normalized spacial score (nSPS) is 22.8. The largest absolute Gasteiger partial charge is 0.352 e. The van der Waals surface area contributed by atoms with Gasteiger partial charge in [-0.2, -0.15) is 0 Å². The van der Waals surface area contributed by atoms with Gasteiger partial charge in [-0.1, -0.05) is 38.1 Å². The lowest BCUT2D eigenvalue weighted by molar-refractivity contribution is 0.131. The smallest absolute Gasteiger partial charge is 0.193 e. The molecule has 0 aliphatic carbocycles. The van der Waals surface area contributed by atoms with Gasteiger partial charge in [0.05, 0.1) is 12.4 Å². The minimum atomic E-state index is 0. The van der Waals surface area contributed by atoms with Gasteiger partial charge in [0.25, 0.3) is 0 Å². The van der Waals surface area contributed by atoms with Crippen LogP contribution in [0, 0.1) is 5.92 Å². The molecule has 0 radical (unpaired) electrons. The van der Waals surface area contributed by atoms with Gasteiger partial charge in [0.1, 0.15) is 0 Å². The molecule has 2 fully saturated rings. The molecule has 2 atom stereocenters. The van der Waals surface area contributed by atoms with Crippen molar-refractivity contribution in [1.29, 1.82) is 0 Å². The molecule has 1 N–H and O–H groups in total. The predicted octanol–water partition coefficient (Wildman–Crippen LogP) is 3.30. The number of hydrogen-bond acceptors (Lipinski definition) is 4. The fourth-order valence-corrected chi connectivity index (χ4v) is 4.99. The van der Waals surface area contributed by atoms with Gasteiger partial charge in [-0.3, -0.25) is 9.89 Å². The maximum Gasteiger partial charge on any atom is 0.193 e. The summed E-state index contributed by atoms with van der Waals surface area (Å²) in [6.45, 7) is 14.2. The zero-order valence-corrected chi connectivity index (χ0v) is 22.7. The third kappa shape index (κ3) is 6.70. The second kappa shape index (κ2) is 12.7. The van der Waals surface area contributed by atoms with Crippen LogP contribution in [0.2, 0.25) is 0 Å². The summed E-state index contributed by atoms with van der Waals surface area (Å²) in [5, 5.41) is 3.65. The predicted molar refractivity (Wildman–Crippen MR) is 146 cm³/mol. The van der Waals surface area contributed by atoms with Crippen molar-refractivity contribution in [3.63, 3.8) is 0 Å². The number of likely N-dealkylation sites (N-methyl/N-ethyl adjacent to an activating group) is 1. The molecule has 182 valence electrons. The molecule has 0 amide bonds. The molecule has 2 aliphatic heterocycles. The summed E-state index contributed by atoms with van der Waals surface area (Å²) in [4.78, 5) is 16.4. The van der Waals surface area contributed by atoms with Crippen molar-refractivity contribution in [1.82, 2.24) is 29.6 Å². The molecule has 4 rings (SSSR count). The van der Waals surface area contributed by atoms with Crippen LogP contribution in [0.15, 0.2) is 48.0 Å². The number of piperazine rings is 1. The Hall–Kier alpha value is -1.65. The highest BCUT2D eigenvalue weighted by atomic mass is 127. The van der Waals surface area contributed by atoms with Gasteiger partial charge in [0.2, 0.25) is 0 Å². The van der Waals surface area contributed by atoms with Crippen LogP contribution in [0.1, 0.15) is 37.4 Å². The number of likely N-dealkylation sites (tertiary alicyclic amines) is 1. The SMILES string of the molecule is CCN1CCN(Cc2ccccc2CNC(=NC)N2CCC(C)C(n3ccnc3)C2)CC1.I. The Kier molecular flexibility index (Phi) is 10.0. The number of halogens is 1. The van der Waals surface area contributed by atoms with Gasteiger partial charge >= 0.3 is 0 Å². The number of rotatable bonds is 6. The number of imidazole rings is 1. The van der Waals surface area contributed by atoms with Gasteiger partial charge in [-0.25, -0.2) is 4.98 Å². The number of hydrogen-bond donors (Lipinski definition) is 1. The first-order chi connectivity index (χ1) is 15.7. The molecule has 1 aromatic carbocycles. The summed E-state index contributed by atoms with van der Waals surface area (Å²) < 4.78 is 2.25. The van der Waals surface area contributed by atoms with Crippen LogP contribution in [-0.2, 0) is 13.1 Å². The van der Waals surface area contributed by atoms with Crippen LogP contribution in [0.5, 0.6) is 0 Å². The molecule has 8 heteroatoms. The van der Waals surface area contributed by atoms with E-state index in [0.29, 0.717) is 12.0 Å². The third-order valence-electron chi connectivity index (χ3n) is 7.20. The van der Waals surface area contributed by atoms with Gasteiger partial charge in [-0.05, 0) is 30.0 Å². The van der Waals surface area contributed by atoms with Crippen molar-refractivity contribution in [3.8, 4) is 0 Å². The molecule has 2 unspecified atom stereocenters. The van der Waals surface area contributed by atoms with E-state index in [4.69, 9.17) is 0 Å². The average molecular weight is 566 g/mol. The van der Waals surface area contributed by atoms with Crippen LogP contribution in [0.25, 0.3) is 0 Å². The molecule has 2 saturated heterocycles. The van der Waals surface area contributed by atoms with E-state index in [1.807, 2.05) is 19.6 Å². The molecule has 2 aromatic rings. The lowest BCUT2D eigenvalue weighted by atomic mass is 9.93. The van der Waals surface area contributed by atoms with Crippen molar-refractivity contribution >= 4 is 29.9 Å². The minimum absolute atomic E-state index is 0. The summed E-state index contributed by atoms with van der Waals surface area (Å²) >= 11 is 0. The molecule has 0 saturated carbocycles. The number of guanidine groups is 1. The lowest BCUT2D eigenvalue weighted by Crippen LogP contribution is -2.48. The van der Waals surface area contributed by atoms with Gasteiger partial charge in [-0.15, -0.1) is 24.0 Å². The molecular weight excluding hydrogens is 525 g/mol. The van der Waals surface area contributed by atoms with E-state index in [1.165, 1.54) is 24.2 Å². The van der Waals surface area contributed by atoms with Gasteiger partial charge in [0, 0.05) is 71.8 Å². The Labute approximate surface area is 216 Å². The summed E-state index contributed by atoms with van der Waals surface area (Å²) in [5.41, 5.74) is 2.78. The Morgan fingerprint density at radius 2 is 1.82 bits per heavy atom. The Balaban J connectivity index is 0.00000306. The molecule has 2 aliphatic rings.